The molecule has 0 fully saturated rings. The van der Waals surface area contributed by atoms with E-state index >= 15 is 0 Å². The highest BCUT2D eigenvalue weighted by molar-refractivity contribution is 5.66. The summed E-state index contributed by atoms with van der Waals surface area (Å²) in [6.07, 6.45) is 0.826. The molecule has 0 aliphatic rings. The second-order valence-electron chi connectivity index (χ2n) is 3.31. The van der Waals surface area contributed by atoms with Crippen molar-refractivity contribution in [2.75, 3.05) is 30.8 Å². The molecule has 0 aromatic carbocycles. The van der Waals surface area contributed by atoms with E-state index in [2.05, 4.69) is 5.10 Å². The van der Waals surface area contributed by atoms with Crippen LogP contribution in [0.25, 0.3) is 0 Å². The number of anilines is 2. The molecule has 0 aliphatic heterocycles. The second-order valence-corrected chi connectivity index (χ2v) is 3.31. The summed E-state index contributed by atoms with van der Waals surface area (Å²) in [5.41, 5.74) is 7.56. The van der Waals surface area contributed by atoms with Crippen LogP contribution in [-0.4, -0.2) is 35.1 Å². The lowest BCUT2D eigenvalue weighted by Crippen LogP contribution is -2.24. The summed E-state index contributed by atoms with van der Waals surface area (Å²) in [7, 11) is 3.75. The van der Waals surface area contributed by atoms with Gasteiger partial charge in [0.2, 0.25) is 0 Å². The van der Waals surface area contributed by atoms with Gasteiger partial charge in [0, 0.05) is 20.6 Å². The van der Waals surface area contributed by atoms with Gasteiger partial charge in [-0.15, -0.1) is 0 Å². The molecule has 14 heavy (non-hydrogen) atoms. The summed E-state index contributed by atoms with van der Waals surface area (Å²) in [5.74, 6) is 0.871. The molecular weight excluding hydrogens is 180 g/mol. The van der Waals surface area contributed by atoms with Crippen LogP contribution in [0.3, 0.4) is 0 Å². The van der Waals surface area contributed by atoms with E-state index in [0.29, 0.717) is 12.2 Å². The van der Waals surface area contributed by atoms with Gasteiger partial charge in [0.15, 0.2) is 0 Å². The van der Waals surface area contributed by atoms with E-state index in [9.17, 15) is 0 Å². The first kappa shape index (κ1) is 10.8. The Morgan fingerprint density at radius 1 is 1.57 bits per heavy atom. The molecule has 0 bridgehead atoms. The Morgan fingerprint density at radius 2 is 2.21 bits per heavy atom. The third-order valence-corrected chi connectivity index (χ3v) is 2.26. The molecule has 1 heterocycles. The fourth-order valence-electron chi connectivity index (χ4n) is 1.56. The number of aliphatic hydroxyl groups is 1. The Morgan fingerprint density at radius 3 is 2.64 bits per heavy atom. The van der Waals surface area contributed by atoms with Crippen molar-refractivity contribution in [3.8, 4) is 0 Å². The van der Waals surface area contributed by atoms with Crippen LogP contribution in [0.15, 0.2) is 0 Å². The summed E-state index contributed by atoms with van der Waals surface area (Å²) in [6.45, 7) is 2.70. The number of hydrogen-bond acceptors (Lipinski definition) is 4. The Balaban J connectivity index is 3.01. The van der Waals surface area contributed by atoms with E-state index in [0.717, 1.165) is 17.9 Å². The SMILES string of the molecule is CCc1nn(C)c(N(C)CCO)c1N. The van der Waals surface area contributed by atoms with E-state index in [1.165, 1.54) is 0 Å². The van der Waals surface area contributed by atoms with E-state index in [4.69, 9.17) is 10.8 Å². The molecule has 0 saturated carbocycles. The minimum Gasteiger partial charge on any atom is -0.395 e. The second kappa shape index (κ2) is 4.32. The van der Waals surface area contributed by atoms with Crippen molar-refractivity contribution >= 4 is 11.5 Å². The summed E-state index contributed by atoms with van der Waals surface area (Å²) in [6, 6.07) is 0. The minimum atomic E-state index is 0.114. The van der Waals surface area contributed by atoms with Gasteiger partial charge in [-0.1, -0.05) is 6.92 Å². The predicted molar refractivity (Wildman–Crippen MR) is 57.4 cm³/mol. The standard InChI is InChI=1S/C9H18N4O/c1-4-7-8(10)9(13(3)11-7)12(2)5-6-14/h14H,4-6,10H2,1-3H3. The van der Waals surface area contributed by atoms with Crippen LogP contribution in [0, 0.1) is 0 Å². The van der Waals surface area contributed by atoms with Gasteiger partial charge < -0.3 is 15.7 Å². The number of likely N-dealkylation sites (N-methyl/N-ethyl adjacent to an activating group) is 1. The van der Waals surface area contributed by atoms with Gasteiger partial charge in [-0.3, -0.25) is 4.68 Å². The molecular formula is C9H18N4O. The Kier molecular flexibility index (Phi) is 3.35. The van der Waals surface area contributed by atoms with Crippen LogP contribution in [0.5, 0.6) is 0 Å². The molecule has 0 saturated heterocycles. The highest BCUT2D eigenvalue weighted by Crippen LogP contribution is 2.24. The van der Waals surface area contributed by atoms with Crippen LogP contribution in [0.4, 0.5) is 11.5 Å². The van der Waals surface area contributed by atoms with Gasteiger partial charge >= 0.3 is 0 Å². The monoisotopic (exact) mass is 198 g/mol. The largest absolute Gasteiger partial charge is 0.395 e. The molecule has 0 aliphatic carbocycles. The molecule has 3 N–H and O–H groups in total. The van der Waals surface area contributed by atoms with Crippen molar-refractivity contribution in [1.29, 1.82) is 0 Å². The van der Waals surface area contributed by atoms with Crippen LogP contribution in [0.2, 0.25) is 0 Å². The van der Waals surface area contributed by atoms with Gasteiger partial charge in [0.05, 0.1) is 18.0 Å². The van der Waals surface area contributed by atoms with Crippen LogP contribution in [0.1, 0.15) is 12.6 Å². The van der Waals surface area contributed by atoms with Gasteiger partial charge in [-0.05, 0) is 6.42 Å². The van der Waals surface area contributed by atoms with Crippen molar-refractivity contribution in [3.63, 3.8) is 0 Å². The van der Waals surface area contributed by atoms with Crippen molar-refractivity contribution in [2.24, 2.45) is 7.05 Å². The number of aryl methyl sites for hydroxylation is 2. The number of rotatable bonds is 4. The van der Waals surface area contributed by atoms with Crippen molar-refractivity contribution in [2.45, 2.75) is 13.3 Å². The lowest BCUT2D eigenvalue weighted by Gasteiger charge is -2.18. The predicted octanol–water partition coefficient (Wildman–Crippen LogP) is -0.00680. The summed E-state index contributed by atoms with van der Waals surface area (Å²) >= 11 is 0. The Hall–Kier alpha value is -1.23. The summed E-state index contributed by atoms with van der Waals surface area (Å²) in [5, 5.41) is 13.1. The number of nitrogens with two attached hydrogens (primary N) is 1. The number of nitrogens with zero attached hydrogens (tertiary/aromatic N) is 3. The first-order valence-electron chi connectivity index (χ1n) is 4.75. The smallest absolute Gasteiger partial charge is 0.150 e. The Bertz CT molecular complexity index is 308. The van der Waals surface area contributed by atoms with E-state index in [1.54, 1.807) is 4.68 Å². The van der Waals surface area contributed by atoms with E-state index < -0.39 is 0 Å². The fraction of sp³-hybridized carbons (Fsp3) is 0.667. The fourth-order valence-corrected chi connectivity index (χ4v) is 1.56. The van der Waals surface area contributed by atoms with Crippen LogP contribution < -0.4 is 10.6 Å². The lowest BCUT2D eigenvalue weighted by atomic mass is 10.3. The van der Waals surface area contributed by atoms with E-state index in [-0.39, 0.29) is 6.61 Å². The average molecular weight is 198 g/mol. The zero-order valence-corrected chi connectivity index (χ0v) is 8.99. The molecule has 0 amide bonds. The number of aromatic nitrogens is 2. The molecule has 80 valence electrons. The molecule has 5 nitrogen and oxygen atoms in total. The topological polar surface area (TPSA) is 67.3 Å². The first-order chi connectivity index (χ1) is 6.61. The maximum atomic E-state index is 8.83. The van der Waals surface area contributed by atoms with Crippen molar-refractivity contribution in [1.82, 2.24) is 9.78 Å². The van der Waals surface area contributed by atoms with Crippen molar-refractivity contribution in [3.05, 3.63) is 5.69 Å². The zero-order chi connectivity index (χ0) is 10.7. The maximum absolute atomic E-state index is 8.83. The Labute approximate surface area is 84.1 Å². The summed E-state index contributed by atoms with van der Waals surface area (Å²) < 4.78 is 1.75. The normalized spacial score (nSPS) is 10.6. The minimum absolute atomic E-state index is 0.114. The molecule has 1 aromatic rings. The molecule has 0 radical (unpaired) electrons. The molecule has 5 heteroatoms. The van der Waals surface area contributed by atoms with Gasteiger partial charge in [0.25, 0.3) is 0 Å². The number of aliphatic hydroxyl groups excluding tert-OH is 1. The van der Waals surface area contributed by atoms with Gasteiger partial charge in [0.1, 0.15) is 5.82 Å². The molecule has 0 spiro atoms. The maximum Gasteiger partial charge on any atom is 0.150 e. The van der Waals surface area contributed by atoms with Crippen LogP contribution in [-0.2, 0) is 13.5 Å². The third-order valence-electron chi connectivity index (χ3n) is 2.26. The van der Waals surface area contributed by atoms with Crippen LogP contribution >= 0.6 is 0 Å². The summed E-state index contributed by atoms with van der Waals surface area (Å²) in [4.78, 5) is 1.90. The highest BCUT2D eigenvalue weighted by atomic mass is 16.3. The first-order valence-corrected chi connectivity index (χ1v) is 4.75. The number of nitrogen functional groups attached to an aromatic ring is 1. The number of hydrogen-bond donors (Lipinski definition) is 2. The highest BCUT2D eigenvalue weighted by Gasteiger charge is 2.14. The third kappa shape index (κ3) is 1.82. The molecule has 0 unspecified atom stereocenters. The van der Waals surface area contributed by atoms with Gasteiger partial charge in [-0.2, -0.15) is 5.10 Å². The zero-order valence-electron chi connectivity index (χ0n) is 8.99. The quantitative estimate of drug-likeness (QED) is 0.714. The lowest BCUT2D eigenvalue weighted by molar-refractivity contribution is 0.303. The molecule has 0 atom stereocenters. The molecule has 1 aromatic heterocycles. The molecule has 1 rings (SSSR count). The van der Waals surface area contributed by atoms with Crippen molar-refractivity contribution < 1.29 is 5.11 Å². The van der Waals surface area contributed by atoms with E-state index in [1.807, 2.05) is 25.9 Å². The van der Waals surface area contributed by atoms with Gasteiger partial charge in [-0.25, -0.2) is 0 Å². The average Bonchev–Trinajstić information content (AvgIpc) is 2.41.